The third-order valence-corrected chi connectivity index (χ3v) is 5.16. The van der Waals surface area contributed by atoms with Crippen LogP contribution >= 0.6 is 11.6 Å². The van der Waals surface area contributed by atoms with Crippen LogP contribution in [0.3, 0.4) is 0 Å². The molecule has 1 aromatic heterocycles. The van der Waals surface area contributed by atoms with Crippen LogP contribution in [0.5, 0.6) is 5.75 Å². The fourth-order valence-electron chi connectivity index (χ4n) is 3.41. The highest BCUT2D eigenvalue weighted by Gasteiger charge is 2.24. The highest BCUT2D eigenvalue weighted by molar-refractivity contribution is 6.32. The number of benzene rings is 1. The van der Waals surface area contributed by atoms with Crippen LogP contribution in [0.1, 0.15) is 21.6 Å². The number of rotatable bonds is 5. The molecule has 154 valence electrons. The van der Waals surface area contributed by atoms with E-state index in [2.05, 4.69) is 9.88 Å². The molecule has 0 unspecified atom stereocenters. The third kappa shape index (κ3) is 4.79. The van der Waals surface area contributed by atoms with Gasteiger partial charge in [-0.15, -0.1) is 0 Å². The van der Waals surface area contributed by atoms with Crippen molar-refractivity contribution in [1.29, 1.82) is 0 Å². The first-order valence-electron chi connectivity index (χ1n) is 9.37. The van der Waals surface area contributed by atoms with E-state index in [1.165, 1.54) is 0 Å². The first kappa shape index (κ1) is 20.9. The van der Waals surface area contributed by atoms with Crippen molar-refractivity contribution >= 4 is 29.2 Å². The number of anilines is 1. The van der Waals surface area contributed by atoms with Crippen LogP contribution in [-0.2, 0) is 9.53 Å². The third-order valence-electron chi connectivity index (χ3n) is 4.89. The highest BCUT2D eigenvalue weighted by Crippen LogP contribution is 2.28. The molecule has 0 atom stereocenters. The zero-order chi connectivity index (χ0) is 21.0. The van der Waals surface area contributed by atoms with Gasteiger partial charge in [0.05, 0.1) is 18.4 Å². The Morgan fingerprint density at radius 1 is 1.14 bits per heavy atom. The smallest absolute Gasteiger partial charge is 0.342 e. The second-order valence-electron chi connectivity index (χ2n) is 6.86. The summed E-state index contributed by atoms with van der Waals surface area (Å²) in [4.78, 5) is 32.8. The maximum absolute atomic E-state index is 12.5. The zero-order valence-electron chi connectivity index (χ0n) is 16.8. The highest BCUT2D eigenvalue weighted by atomic mass is 35.5. The number of carbonyl (C=O) groups excluding carboxylic acids is 2. The normalized spacial score (nSPS) is 13.9. The maximum Gasteiger partial charge on any atom is 0.342 e. The Morgan fingerprint density at radius 2 is 1.83 bits per heavy atom. The van der Waals surface area contributed by atoms with E-state index in [0.29, 0.717) is 37.4 Å². The lowest BCUT2D eigenvalue weighted by molar-refractivity contribution is -0.134. The van der Waals surface area contributed by atoms with Crippen molar-refractivity contribution in [3.05, 3.63) is 52.3 Å². The van der Waals surface area contributed by atoms with E-state index >= 15 is 0 Å². The summed E-state index contributed by atoms with van der Waals surface area (Å²) in [6.07, 6.45) is 0. The monoisotopic (exact) mass is 417 g/mol. The predicted molar refractivity (Wildman–Crippen MR) is 111 cm³/mol. The summed E-state index contributed by atoms with van der Waals surface area (Å²) in [7, 11) is 1.64. The Balaban J connectivity index is 1.55. The molecular weight excluding hydrogens is 394 g/mol. The summed E-state index contributed by atoms with van der Waals surface area (Å²) in [6, 6.07) is 9.55. The standard InChI is InChI=1S/C21H24ClN3O4/c1-14-12-15(2)23-20(22)19(14)21(27)29-13-18(26)25-10-8-24(9-11-25)16-6-4-5-7-17(16)28-3/h4-7,12H,8-11,13H2,1-3H3. The van der Waals surface area contributed by atoms with Gasteiger partial charge in [-0.05, 0) is 37.6 Å². The van der Waals surface area contributed by atoms with Gasteiger partial charge >= 0.3 is 5.97 Å². The predicted octanol–water partition coefficient (Wildman–Crippen LogP) is 2.87. The Hall–Kier alpha value is -2.80. The molecule has 7 nitrogen and oxygen atoms in total. The SMILES string of the molecule is COc1ccccc1N1CCN(C(=O)COC(=O)c2c(C)cc(C)nc2Cl)CC1. The Kier molecular flexibility index (Phi) is 6.59. The number of pyridine rings is 1. The van der Waals surface area contributed by atoms with Crippen LogP contribution in [0.4, 0.5) is 5.69 Å². The second kappa shape index (κ2) is 9.13. The molecule has 0 radical (unpaired) electrons. The van der Waals surface area contributed by atoms with Gasteiger partial charge in [-0.25, -0.2) is 9.78 Å². The van der Waals surface area contributed by atoms with E-state index < -0.39 is 5.97 Å². The van der Waals surface area contributed by atoms with Gasteiger partial charge in [-0.1, -0.05) is 23.7 Å². The summed E-state index contributed by atoms with van der Waals surface area (Å²) in [5.74, 6) is -0.0620. The van der Waals surface area contributed by atoms with E-state index in [-0.39, 0.29) is 23.2 Å². The van der Waals surface area contributed by atoms with E-state index in [9.17, 15) is 9.59 Å². The van der Waals surface area contributed by atoms with Crippen molar-refractivity contribution in [2.75, 3.05) is 44.8 Å². The molecule has 2 aromatic rings. The van der Waals surface area contributed by atoms with Crippen LogP contribution in [0, 0.1) is 13.8 Å². The summed E-state index contributed by atoms with van der Waals surface area (Å²) >= 11 is 6.07. The Labute approximate surface area is 175 Å². The Morgan fingerprint density at radius 3 is 2.48 bits per heavy atom. The molecule has 1 aliphatic heterocycles. The first-order chi connectivity index (χ1) is 13.9. The van der Waals surface area contributed by atoms with E-state index in [1.807, 2.05) is 24.3 Å². The van der Waals surface area contributed by atoms with Crippen LogP contribution in [-0.4, -0.2) is 61.7 Å². The lowest BCUT2D eigenvalue weighted by Gasteiger charge is -2.36. The van der Waals surface area contributed by atoms with Gasteiger partial charge in [0.2, 0.25) is 0 Å². The van der Waals surface area contributed by atoms with Crippen LogP contribution in [0.15, 0.2) is 30.3 Å². The number of nitrogens with zero attached hydrogens (tertiary/aromatic N) is 3. The fourth-order valence-corrected chi connectivity index (χ4v) is 3.77. The number of amides is 1. The number of aromatic nitrogens is 1. The average Bonchev–Trinajstić information content (AvgIpc) is 2.71. The number of piperazine rings is 1. The minimum atomic E-state index is -0.638. The van der Waals surface area contributed by atoms with Crippen molar-refractivity contribution in [1.82, 2.24) is 9.88 Å². The van der Waals surface area contributed by atoms with Crippen molar-refractivity contribution < 1.29 is 19.1 Å². The number of esters is 1. The molecule has 1 fully saturated rings. The number of hydrogen-bond acceptors (Lipinski definition) is 6. The quantitative estimate of drug-likeness (QED) is 0.550. The molecule has 0 saturated carbocycles. The van der Waals surface area contributed by atoms with Gasteiger partial charge < -0.3 is 19.3 Å². The van der Waals surface area contributed by atoms with Gasteiger partial charge in [0.15, 0.2) is 6.61 Å². The molecular formula is C21H24ClN3O4. The van der Waals surface area contributed by atoms with Crippen LogP contribution < -0.4 is 9.64 Å². The van der Waals surface area contributed by atoms with Crippen molar-refractivity contribution in [3.8, 4) is 5.75 Å². The largest absolute Gasteiger partial charge is 0.495 e. The maximum atomic E-state index is 12.5. The summed E-state index contributed by atoms with van der Waals surface area (Å²) in [6.45, 7) is 5.66. The molecule has 0 N–H and O–H groups in total. The molecule has 29 heavy (non-hydrogen) atoms. The minimum Gasteiger partial charge on any atom is -0.495 e. The number of halogens is 1. The van der Waals surface area contributed by atoms with Gasteiger partial charge in [-0.3, -0.25) is 4.79 Å². The van der Waals surface area contributed by atoms with Crippen molar-refractivity contribution in [2.24, 2.45) is 0 Å². The minimum absolute atomic E-state index is 0.0883. The van der Waals surface area contributed by atoms with Crippen molar-refractivity contribution in [3.63, 3.8) is 0 Å². The topological polar surface area (TPSA) is 72.0 Å². The molecule has 8 heteroatoms. The summed E-state index contributed by atoms with van der Waals surface area (Å²) < 4.78 is 10.6. The van der Waals surface area contributed by atoms with Gasteiger partial charge in [0, 0.05) is 31.9 Å². The number of hydrogen-bond donors (Lipinski definition) is 0. The summed E-state index contributed by atoms with van der Waals surface area (Å²) in [5, 5.41) is 0.0883. The van der Waals surface area contributed by atoms with E-state index in [4.69, 9.17) is 21.1 Å². The lowest BCUT2D eigenvalue weighted by Crippen LogP contribution is -2.50. The second-order valence-corrected chi connectivity index (χ2v) is 7.22. The molecule has 2 heterocycles. The lowest BCUT2D eigenvalue weighted by atomic mass is 10.1. The number of methoxy groups -OCH3 is 1. The average molecular weight is 418 g/mol. The molecule has 1 saturated heterocycles. The van der Waals surface area contributed by atoms with E-state index in [1.54, 1.807) is 31.9 Å². The number of aryl methyl sites for hydroxylation is 2. The van der Waals surface area contributed by atoms with Gasteiger partial charge in [0.25, 0.3) is 5.91 Å². The summed E-state index contributed by atoms with van der Waals surface area (Å²) in [5.41, 5.74) is 2.59. The molecule has 1 aliphatic rings. The van der Waals surface area contributed by atoms with Crippen molar-refractivity contribution in [2.45, 2.75) is 13.8 Å². The number of para-hydroxylation sites is 2. The molecule has 0 bridgehead atoms. The van der Waals surface area contributed by atoms with Gasteiger partial charge in [0.1, 0.15) is 10.9 Å². The molecule has 1 amide bonds. The number of ether oxygens (including phenoxy) is 2. The molecule has 1 aromatic carbocycles. The van der Waals surface area contributed by atoms with Crippen LogP contribution in [0.25, 0.3) is 0 Å². The zero-order valence-corrected chi connectivity index (χ0v) is 17.5. The Bertz CT molecular complexity index is 888. The fraction of sp³-hybridized carbons (Fsp3) is 0.381. The molecule has 0 aliphatic carbocycles. The molecule has 3 rings (SSSR count). The molecule has 0 spiro atoms. The van der Waals surface area contributed by atoms with Crippen LogP contribution in [0.2, 0.25) is 5.15 Å². The van der Waals surface area contributed by atoms with E-state index in [0.717, 1.165) is 11.4 Å². The number of carbonyl (C=O) groups is 2. The van der Waals surface area contributed by atoms with Gasteiger partial charge in [-0.2, -0.15) is 0 Å². The first-order valence-corrected chi connectivity index (χ1v) is 9.75.